The molecule has 0 fully saturated rings. The van der Waals surface area contributed by atoms with Crippen molar-refractivity contribution in [1.82, 2.24) is 15.0 Å². The monoisotopic (exact) mass is 637 g/mol. The number of hydrogen-bond acceptors (Lipinski definition) is 3. The molecule has 0 aliphatic heterocycles. The highest BCUT2D eigenvalue weighted by Gasteiger charge is 2.16. The fourth-order valence-corrected chi connectivity index (χ4v) is 6.71. The van der Waals surface area contributed by atoms with Crippen molar-refractivity contribution in [1.29, 1.82) is 0 Å². The molecule has 0 saturated carbocycles. The average molecular weight is 638 g/mol. The molecule has 3 nitrogen and oxygen atoms in total. The highest BCUT2D eigenvalue weighted by atomic mass is 15.0. The van der Waals surface area contributed by atoms with E-state index in [0.717, 1.165) is 33.2 Å². The summed E-state index contributed by atoms with van der Waals surface area (Å²) in [5.41, 5.74) is 9.79. The lowest BCUT2D eigenvalue weighted by atomic mass is 9.89. The Balaban J connectivity index is 1.20. The standard InChI is InChI=1S/C47H31N3/c1-3-12-32(13-4-1)38-26-27-43(44(31-38)40-24-22-33-14-7-9-18-36(33)28-40)39-20-11-21-41(30-39)46-48-45(35-16-5-2-6-17-35)49-47(50-46)42-25-23-34-15-8-10-19-37(34)29-42/h1-31H. The molecule has 0 radical (unpaired) electrons. The molecule has 9 rings (SSSR count). The molecule has 0 aliphatic rings. The first-order chi connectivity index (χ1) is 24.7. The number of benzene rings is 8. The van der Waals surface area contributed by atoms with Crippen molar-refractivity contribution in [2.75, 3.05) is 0 Å². The Bertz CT molecular complexity index is 2650. The first-order valence-electron chi connectivity index (χ1n) is 16.9. The molecule has 234 valence electrons. The molecule has 1 heterocycles. The van der Waals surface area contributed by atoms with Crippen LogP contribution in [0.3, 0.4) is 0 Å². The Kier molecular flexibility index (Phi) is 7.49. The van der Waals surface area contributed by atoms with Gasteiger partial charge < -0.3 is 0 Å². The van der Waals surface area contributed by atoms with Gasteiger partial charge in [0.2, 0.25) is 0 Å². The number of aromatic nitrogens is 3. The molecule has 9 aromatic rings. The summed E-state index contributed by atoms with van der Waals surface area (Å²) in [6.45, 7) is 0. The third kappa shape index (κ3) is 5.72. The average Bonchev–Trinajstić information content (AvgIpc) is 3.21. The fraction of sp³-hybridized carbons (Fsp3) is 0. The summed E-state index contributed by atoms with van der Waals surface area (Å²) in [6, 6.07) is 66.1. The van der Waals surface area contributed by atoms with E-state index in [2.05, 4.69) is 158 Å². The topological polar surface area (TPSA) is 38.7 Å². The predicted molar refractivity (Wildman–Crippen MR) is 207 cm³/mol. The van der Waals surface area contributed by atoms with Crippen LogP contribution < -0.4 is 0 Å². The highest BCUT2D eigenvalue weighted by Crippen LogP contribution is 2.38. The molecule has 0 atom stereocenters. The summed E-state index contributed by atoms with van der Waals surface area (Å²) in [5.74, 6) is 1.93. The summed E-state index contributed by atoms with van der Waals surface area (Å²) >= 11 is 0. The van der Waals surface area contributed by atoms with E-state index in [1.54, 1.807) is 0 Å². The van der Waals surface area contributed by atoms with Crippen molar-refractivity contribution in [3.8, 4) is 67.5 Å². The van der Waals surface area contributed by atoms with Gasteiger partial charge in [0.15, 0.2) is 17.5 Å². The first-order valence-corrected chi connectivity index (χ1v) is 16.9. The predicted octanol–water partition coefficient (Wildman–Crippen LogP) is 12.2. The van der Waals surface area contributed by atoms with Crippen LogP contribution in [-0.4, -0.2) is 15.0 Å². The zero-order chi connectivity index (χ0) is 33.3. The van der Waals surface area contributed by atoms with Gasteiger partial charge in [-0.3, -0.25) is 0 Å². The Hall–Kier alpha value is -6.71. The van der Waals surface area contributed by atoms with Crippen molar-refractivity contribution in [3.05, 3.63) is 188 Å². The summed E-state index contributed by atoms with van der Waals surface area (Å²) in [6.07, 6.45) is 0. The molecular formula is C47H31N3. The molecule has 50 heavy (non-hydrogen) atoms. The van der Waals surface area contributed by atoms with Crippen molar-refractivity contribution in [2.45, 2.75) is 0 Å². The van der Waals surface area contributed by atoms with Crippen LogP contribution in [0.2, 0.25) is 0 Å². The van der Waals surface area contributed by atoms with Gasteiger partial charge in [0.05, 0.1) is 0 Å². The van der Waals surface area contributed by atoms with Crippen molar-refractivity contribution in [3.63, 3.8) is 0 Å². The van der Waals surface area contributed by atoms with Crippen LogP contribution in [0.1, 0.15) is 0 Å². The largest absolute Gasteiger partial charge is 0.208 e. The van der Waals surface area contributed by atoms with Crippen molar-refractivity contribution >= 4 is 21.5 Å². The van der Waals surface area contributed by atoms with Gasteiger partial charge in [0.25, 0.3) is 0 Å². The third-order valence-corrected chi connectivity index (χ3v) is 9.29. The van der Waals surface area contributed by atoms with Crippen LogP contribution in [0.4, 0.5) is 0 Å². The summed E-state index contributed by atoms with van der Waals surface area (Å²) in [5, 5.41) is 4.78. The summed E-state index contributed by atoms with van der Waals surface area (Å²) < 4.78 is 0. The Labute approximate surface area is 291 Å². The van der Waals surface area contributed by atoms with Crippen LogP contribution in [0, 0.1) is 0 Å². The number of rotatable bonds is 6. The molecule has 1 aromatic heterocycles. The maximum Gasteiger partial charge on any atom is 0.164 e. The summed E-state index contributed by atoms with van der Waals surface area (Å²) in [4.78, 5) is 15.1. The van der Waals surface area contributed by atoms with Gasteiger partial charge in [-0.2, -0.15) is 0 Å². The SMILES string of the molecule is c1ccc(-c2ccc(-c3cccc(-c4nc(-c5ccccc5)nc(-c5ccc6ccccc6c5)n4)c3)c(-c3ccc4ccccc4c3)c2)cc1. The Morgan fingerprint density at radius 1 is 0.220 bits per heavy atom. The third-order valence-electron chi connectivity index (χ3n) is 9.29. The zero-order valence-corrected chi connectivity index (χ0v) is 27.2. The van der Waals surface area contributed by atoms with Gasteiger partial charge in [-0.15, -0.1) is 0 Å². The lowest BCUT2D eigenvalue weighted by Gasteiger charge is -2.15. The van der Waals surface area contributed by atoms with E-state index in [9.17, 15) is 0 Å². The molecule has 8 aromatic carbocycles. The van der Waals surface area contributed by atoms with Gasteiger partial charge in [-0.1, -0.05) is 164 Å². The second-order valence-electron chi connectivity index (χ2n) is 12.5. The number of hydrogen-bond donors (Lipinski definition) is 0. The van der Waals surface area contributed by atoms with Crippen LogP contribution >= 0.6 is 0 Å². The van der Waals surface area contributed by atoms with Gasteiger partial charge >= 0.3 is 0 Å². The zero-order valence-electron chi connectivity index (χ0n) is 27.2. The maximum atomic E-state index is 5.09. The summed E-state index contributed by atoms with van der Waals surface area (Å²) in [7, 11) is 0. The van der Waals surface area contributed by atoms with E-state index in [-0.39, 0.29) is 0 Å². The number of fused-ring (bicyclic) bond motifs is 2. The Morgan fingerprint density at radius 2 is 0.660 bits per heavy atom. The van der Waals surface area contributed by atoms with Gasteiger partial charge in [0, 0.05) is 16.7 Å². The maximum absolute atomic E-state index is 5.09. The second kappa shape index (κ2) is 12.7. The van der Waals surface area contributed by atoms with E-state index in [0.29, 0.717) is 17.5 Å². The van der Waals surface area contributed by atoms with Crippen LogP contribution in [-0.2, 0) is 0 Å². The molecule has 3 heteroatoms. The molecule has 0 spiro atoms. The van der Waals surface area contributed by atoms with E-state index in [4.69, 9.17) is 15.0 Å². The van der Waals surface area contributed by atoms with Crippen LogP contribution in [0.15, 0.2) is 188 Å². The van der Waals surface area contributed by atoms with E-state index in [1.807, 2.05) is 30.3 Å². The Morgan fingerprint density at radius 3 is 1.32 bits per heavy atom. The minimum absolute atomic E-state index is 0.636. The van der Waals surface area contributed by atoms with Gasteiger partial charge in [-0.25, -0.2) is 15.0 Å². The van der Waals surface area contributed by atoms with Crippen molar-refractivity contribution in [2.24, 2.45) is 0 Å². The van der Waals surface area contributed by atoms with E-state index >= 15 is 0 Å². The molecule has 0 N–H and O–H groups in total. The molecule has 0 saturated heterocycles. The van der Waals surface area contributed by atoms with Crippen molar-refractivity contribution < 1.29 is 0 Å². The minimum atomic E-state index is 0.636. The van der Waals surface area contributed by atoms with Crippen LogP contribution in [0.5, 0.6) is 0 Å². The molecule has 0 aliphatic carbocycles. The number of nitrogens with zero attached hydrogens (tertiary/aromatic N) is 3. The van der Waals surface area contributed by atoms with Crippen LogP contribution in [0.25, 0.3) is 89.1 Å². The van der Waals surface area contributed by atoms with Gasteiger partial charge in [0.1, 0.15) is 0 Å². The molecule has 0 unspecified atom stereocenters. The first kappa shape index (κ1) is 29.4. The lowest BCUT2D eigenvalue weighted by Crippen LogP contribution is -2.00. The van der Waals surface area contributed by atoms with E-state index in [1.165, 1.54) is 38.4 Å². The van der Waals surface area contributed by atoms with E-state index < -0.39 is 0 Å². The van der Waals surface area contributed by atoms with Gasteiger partial charge in [-0.05, 0) is 79.2 Å². The lowest BCUT2D eigenvalue weighted by molar-refractivity contribution is 1.07. The molecular weight excluding hydrogens is 607 g/mol. The molecule has 0 bridgehead atoms. The second-order valence-corrected chi connectivity index (χ2v) is 12.5. The quantitative estimate of drug-likeness (QED) is 0.182. The highest BCUT2D eigenvalue weighted by molar-refractivity contribution is 5.93. The smallest absolute Gasteiger partial charge is 0.164 e. The molecule has 0 amide bonds. The normalized spacial score (nSPS) is 11.2. The fourth-order valence-electron chi connectivity index (χ4n) is 6.71. The minimum Gasteiger partial charge on any atom is -0.208 e.